The van der Waals surface area contributed by atoms with Crippen molar-refractivity contribution in [2.45, 2.75) is 39.5 Å². The lowest BCUT2D eigenvalue weighted by atomic mass is 9.85. The van der Waals surface area contributed by atoms with Crippen molar-refractivity contribution >= 4 is 0 Å². The third kappa shape index (κ3) is 4.05. The lowest BCUT2D eigenvalue weighted by molar-refractivity contribution is 0.452. The van der Waals surface area contributed by atoms with Gasteiger partial charge in [-0.1, -0.05) is 38.5 Å². The lowest BCUT2D eigenvalue weighted by Gasteiger charge is -2.23. The Morgan fingerprint density at radius 1 is 1.14 bits per heavy atom. The van der Waals surface area contributed by atoms with Crippen LogP contribution >= 0.6 is 0 Å². The van der Waals surface area contributed by atoms with E-state index in [1.165, 1.54) is 11.1 Å². The van der Waals surface area contributed by atoms with Crippen LogP contribution in [0.1, 0.15) is 37.5 Å². The van der Waals surface area contributed by atoms with Gasteiger partial charge < -0.3 is 10.5 Å². The zero-order valence-corrected chi connectivity index (χ0v) is 13.3. The second-order valence-electron chi connectivity index (χ2n) is 6.42. The smallest absolute Gasteiger partial charge is 0.145 e. The monoisotopic (exact) mass is 284 g/mol. The van der Waals surface area contributed by atoms with E-state index < -0.39 is 0 Å². The normalized spacial score (nSPS) is 11.5. The standard InChI is InChI=1S/C18H24N2O/c1-13-5-6-17(16(9-13)18(2,3)4)21-15-10-14(7-8-19)11-20-12-15/h5-6,9-12H,7-8,19H2,1-4H3. The Bertz CT molecular complexity index is 615. The number of aromatic nitrogens is 1. The van der Waals surface area contributed by atoms with Crippen molar-refractivity contribution in [3.8, 4) is 11.5 Å². The van der Waals surface area contributed by atoms with E-state index in [4.69, 9.17) is 10.5 Å². The quantitative estimate of drug-likeness (QED) is 0.923. The Hall–Kier alpha value is -1.87. The SMILES string of the molecule is Cc1ccc(Oc2cncc(CCN)c2)c(C(C)(C)C)c1. The molecule has 112 valence electrons. The predicted molar refractivity (Wildman–Crippen MR) is 86.9 cm³/mol. The molecule has 0 atom stereocenters. The van der Waals surface area contributed by atoms with Crippen molar-refractivity contribution in [3.05, 3.63) is 53.3 Å². The van der Waals surface area contributed by atoms with Crippen molar-refractivity contribution in [2.24, 2.45) is 5.73 Å². The summed E-state index contributed by atoms with van der Waals surface area (Å²) in [6, 6.07) is 8.30. The third-order valence-electron chi connectivity index (χ3n) is 3.37. The summed E-state index contributed by atoms with van der Waals surface area (Å²) in [6.45, 7) is 9.29. The number of hydrogen-bond acceptors (Lipinski definition) is 3. The largest absolute Gasteiger partial charge is 0.455 e. The van der Waals surface area contributed by atoms with Crippen LogP contribution in [0, 0.1) is 6.92 Å². The molecule has 0 amide bonds. The number of pyridine rings is 1. The fraction of sp³-hybridized carbons (Fsp3) is 0.389. The number of ether oxygens (including phenoxy) is 1. The van der Waals surface area contributed by atoms with Crippen LogP contribution in [0.15, 0.2) is 36.7 Å². The summed E-state index contributed by atoms with van der Waals surface area (Å²) in [4.78, 5) is 4.23. The molecule has 0 aliphatic heterocycles. The first-order chi connectivity index (χ1) is 9.90. The molecule has 2 N–H and O–H groups in total. The highest BCUT2D eigenvalue weighted by molar-refractivity contribution is 5.43. The van der Waals surface area contributed by atoms with Crippen molar-refractivity contribution < 1.29 is 4.74 Å². The summed E-state index contributed by atoms with van der Waals surface area (Å²) >= 11 is 0. The van der Waals surface area contributed by atoms with E-state index in [1.54, 1.807) is 6.20 Å². The molecule has 0 unspecified atom stereocenters. The van der Waals surface area contributed by atoms with Crippen LogP contribution < -0.4 is 10.5 Å². The van der Waals surface area contributed by atoms with Gasteiger partial charge in [-0.15, -0.1) is 0 Å². The van der Waals surface area contributed by atoms with Crippen LogP contribution in [0.2, 0.25) is 0 Å². The Morgan fingerprint density at radius 2 is 1.90 bits per heavy atom. The molecule has 1 aromatic heterocycles. The minimum atomic E-state index is 0.0314. The van der Waals surface area contributed by atoms with E-state index >= 15 is 0 Å². The second-order valence-corrected chi connectivity index (χ2v) is 6.42. The molecule has 0 fully saturated rings. The van der Waals surface area contributed by atoms with Crippen LogP contribution in [0.3, 0.4) is 0 Å². The highest BCUT2D eigenvalue weighted by Crippen LogP contribution is 2.34. The van der Waals surface area contributed by atoms with Gasteiger partial charge in [0.05, 0.1) is 6.20 Å². The number of nitrogens with two attached hydrogens (primary N) is 1. The third-order valence-corrected chi connectivity index (χ3v) is 3.37. The van der Waals surface area contributed by atoms with Crippen molar-refractivity contribution in [3.63, 3.8) is 0 Å². The van der Waals surface area contributed by atoms with Crippen molar-refractivity contribution in [2.75, 3.05) is 6.54 Å². The average Bonchev–Trinajstić information content (AvgIpc) is 2.40. The average molecular weight is 284 g/mol. The van der Waals surface area contributed by atoms with E-state index in [9.17, 15) is 0 Å². The molecule has 1 aromatic carbocycles. The van der Waals surface area contributed by atoms with Gasteiger partial charge in [0.25, 0.3) is 0 Å². The lowest BCUT2D eigenvalue weighted by Crippen LogP contribution is -2.13. The predicted octanol–water partition coefficient (Wildman–Crippen LogP) is 3.98. The first-order valence-electron chi connectivity index (χ1n) is 7.33. The van der Waals surface area contributed by atoms with Crippen LogP contribution in [0.4, 0.5) is 0 Å². The van der Waals surface area contributed by atoms with Gasteiger partial charge in [-0.2, -0.15) is 0 Å². The zero-order chi connectivity index (χ0) is 15.5. The maximum atomic E-state index is 6.07. The van der Waals surface area contributed by atoms with E-state index in [0.29, 0.717) is 6.54 Å². The summed E-state index contributed by atoms with van der Waals surface area (Å²) < 4.78 is 6.07. The van der Waals surface area contributed by atoms with Gasteiger partial charge in [0, 0.05) is 11.8 Å². The molecule has 1 heterocycles. The molecule has 0 spiro atoms. The van der Waals surface area contributed by atoms with Gasteiger partial charge >= 0.3 is 0 Å². The molecule has 0 aliphatic carbocycles. The molecular weight excluding hydrogens is 260 g/mol. The van der Waals surface area contributed by atoms with E-state index in [1.807, 2.05) is 18.3 Å². The molecule has 0 bridgehead atoms. The molecule has 0 saturated heterocycles. The van der Waals surface area contributed by atoms with Crippen LogP contribution in [-0.2, 0) is 11.8 Å². The molecular formula is C18H24N2O. The minimum absolute atomic E-state index is 0.0314. The maximum absolute atomic E-state index is 6.07. The maximum Gasteiger partial charge on any atom is 0.145 e. The summed E-state index contributed by atoms with van der Waals surface area (Å²) in [6.07, 6.45) is 4.38. The molecule has 3 nitrogen and oxygen atoms in total. The fourth-order valence-electron chi connectivity index (χ4n) is 2.27. The number of nitrogens with zero attached hydrogens (tertiary/aromatic N) is 1. The number of benzene rings is 1. The Balaban J connectivity index is 2.33. The Kier molecular flexibility index (Phi) is 4.63. The highest BCUT2D eigenvalue weighted by atomic mass is 16.5. The fourth-order valence-corrected chi connectivity index (χ4v) is 2.27. The van der Waals surface area contributed by atoms with Gasteiger partial charge in [-0.3, -0.25) is 4.98 Å². The number of aryl methyl sites for hydroxylation is 1. The first-order valence-corrected chi connectivity index (χ1v) is 7.33. The van der Waals surface area contributed by atoms with Crippen LogP contribution in [-0.4, -0.2) is 11.5 Å². The van der Waals surface area contributed by atoms with Gasteiger partial charge in [-0.05, 0) is 43.0 Å². The summed E-state index contributed by atoms with van der Waals surface area (Å²) in [5.41, 5.74) is 9.16. The minimum Gasteiger partial charge on any atom is -0.455 e. The van der Waals surface area contributed by atoms with Crippen LogP contribution in [0.25, 0.3) is 0 Å². The molecule has 3 heteroatoms. The van der Waals surface area contributed by atoms with E-state index in [-0.39, 0.29) is 5.41 Å². The van der Waals surface area contributed by atoms with Crippen LogP contribution in [0.5, 0.6) is 11.5 Å². The first kappa shape index (κ1) is 15.5. The van der Waals surface area contributed by atoms with Crippen molar-refractivity contribution in [1.82, 2.24) is 4.98 Å². The molecule has 21 heavy (non-hydrogen) atoms. The zero-order valence-electron chi connectivity index (χ0n) is 13.3. The number of hydrogen-bond donors (Lipinski definition) is 1. The Labute approximate surface area is 127 Å². The topological polar surface area (TPSA) is 48.1 Å². The van der Waals surface area contributed by atoms with Crippen molar-refractivity contribution in [1.29, 1.82) is 0 Å². The van der Waals surface area contributed by atoms with E-state index in [2.05, 4.69) is 44.8 Å². The summed E-state index contributed by atoms with van der Waals surface area (Å²) in [7, 11) is 0. The summed E-state index contributed by atoms with van der Waals surface area (Å²) in [5.74, 6) is 1.65. The second kappa shape index (κ2) is 6.27. The Morgan fingerprint density at radius 3 is 2.57 bits per heavy atom. The highest BCUT2D eigenvalue weighted by Gasteiger charge is 2.19. The molecule has 0 radical (unpaired) electrons. The van der Waals surface area contributed by atoms with Gasteiger partial charge in [0.15, 0.2) is 0 Å². The van der Waals surface area contributed by atoms with Gasteiger partial charge in [0.2, 0.25) is 0 Å². The van der Waals surface area contributed by atoms with E-state index in [0.717, 1.165) is 23.5 Å². The van der Waals surface area contributed by atoms with Gasteiger partial charge in [0.1, 0.15) is 11.5 Å². The van der Waals surface area contributed by atoms with Gasteiger partial charge in [-0.25, -0.2) is 0 Å². The molecule has 2 aromatic rings. The summed E-state index contributed by atoms with van der Waals surface area (Å²) in [5, 5.41) is 0. The molecule has 2 rings (SSSR count). The molecule has 0 saturated carbocycles. The number of rotatable bonds is 4. The molecule has 0 aliphatic rings.